The van der Waals surface area contributed by atoms with E-state index in [-0.39, 0.29) is 0 Å². The summed E-state index contributed by atoms with van der Waals surface area (Å²) < 4.78 is 2.27. The second-order valence-corrected chi connectivity index (χ2v) is 3.89. The summed E-state index contributed by atoms with van der Waals surface area (Å²) in [5.41, 5.74) is 2.66. The first-order valence-electron chi connectivity index (χ1n) is 5.03. The topological polar surface area (TPSA) is 4.93 Å². The molecule has 0 saturated heterocycles. The molecule has 1 aromatic heterocycles. The number of aromatic nitrogens is 1. The Hall–Kier alpha value is -0.950. The Morgan fingerprint density at radius 3 is 2.71 bits per heavy atom. The van der Waals surface area contributed by atoms with Crippen LogP contribution in [0.4, 0.5) is 0 Å². The molecule has 0 saturated carbocycles. The van der Waals surface area contributed by atoms with Crippen LogP contribution in [0.5, 0.6) is 0 Å². The van der Waals surface area contributed by atoms with Crippen molar-refractivity contribution in [2.24, 2.45) is 0 Å². The summed E-state index contributed by atoms with van der Waals surface area (Å²) in [7, 11) is 0. The molecule has 1 heterocycles. The predicted molar refractivity (Wildman–Crippen MR) is 62.0 cm³/mol. The maximum Gasteiger partial charge on any atom is 0.0484 e. The number of hydrogen-bond acceptors (Lipinski definition) is 0. The van der Waals surface area contributed by atoms with E-state index in [2.05, 4.69) is 36.7 Å². The molecule has 2 heteroatoms. The smallest absolute Gasteiger partial charge is 0.0484 e. The number of halogens is 1. The Bertz CT molecular complexity index is 457. The van der Waals surface area contributed by atoms with E-state index in [1.165, 1.54) is 16.5 Å². The Labute approximate surface area is 89.3 Å². The molecule has 1 aromatic carbocycles. The Balaban J connectivity index is 2.75. The minimum Gasteiger partial charge on any atom is -0.347 e. The first-order chi connectivity index (χ1) is 6.76. The zero-order valence-electron chi connectivity index (χ0n) is 8.55. The van der Waals surface area contributed by atoms with E-state index in [9.17, 15) is 0 Å². The number of fused-ring (bicyclic) bond motifs is 1. The average Bonchev–Trinajstić information content (AvgIpc) is 2.55. The van der Waals surface area contributed by atoms with Crippen LogP contribution < -0.4 is 0 Å². The predicted octanol–water partition coefficient (Wildman–Crippen LogP) is 3.88. The number of aryl methyl sites for hydroxylation is 2. The van der Waals surface area contributed by atoms with Crippen molar-refractivity contribution in [2.75, 3.05) is 0 Å². The molecule has 0 aliphatic heterocycles. The van der Waals surface area contributed by atoms with Gasteiger partial charge in [0.2, 0.25) is 0 Å². The summed E-state index contributed by atoms with van der Waals surface area (Å²) in [6.45, 7) is 5.35. The highest BCUT2D eigenvalue weighted by Gasteiger charge is 2.05. The second kappa shape index (κ2) is 3.66. The molecule has 2 aromatic rings. The monoisotopic (exact) mass is 207 g/mol. The highest BCUT2D eigenvalue weighted by atomic mass is 35.5. The average molecular weight is 208 g/mol. The van der Waals surface area contributed by atoms with E-state index in [0.717, 1.165) is 18.0 Å². The molecule has 0 unspecified atom stereocenters. The van der Waals surface area contributed by atoms with Crippen LogP contribution in [0.15, 0.2) is 24.4 Å². The number of benzene rings is 1. The van der Waals surface area contributed by atoms with E-state index in [0.29, 0.717) is 0 Å². The van der Waals surface area contributed by atoms with Crippen molar-refractivity contribution in [1.82, 2.24) is 4.57 Å². The summed E-state index contributed by atoms with van der Waals surface area (Å²) in [4.78, 5) is 0. The van der Waals surface area contributed by atoms with Crippen molar-refractivity contribution >= 4 is 22.5 Å². The molecule has 0 radical (unpaired) electrons. The molecule has 0 bridgehead atoms. The van der Waals surface area contributed by atoms with E-state index in [4.69, 9.17) is 11.6 Å². The molecule has 0 spiro atoms. The van der Waals surface area contributed by atoms with Crippen LogP contribution in [-0.4, -0.2) is 4.57 Å². The van der Waals surface area contributed by atoms with Gasteiger partial charge in [-0.15, -0.1) is 0 Å². The van der Waals surface area contributed by atoms with Crippen molar-refractivity contribution in [3.63, 3.8) is 0 Å². The van der Waals surface area contributed by atoms with Gasteiger partial charge in [-0.3, -0.25) is 0 Å². The van der Waals surface area contributed by atoms with Gasteiger partial charge in [0.25, 0.3) is 0 Å². The Morgan fingerprint density at radius 1 is 1.29 bits per heavy atom. The van der Waals surface area contributed by atoms with Gasteiger partial charge in [0.1, 0.15) is 0 Å². The molecule has 14 heavy (non-hydrogen) atoms. The maximum atomic E-state index is 5.99. The Kier molecular flexibility index (Phi) is 2.51. The third-order valence-electron chi connectivity index (χ3n) is 2.65. The molecule has 0 fully saturated rings. The summed E-state index contributed by atoms with van der Waals surface area (Å²) in [5, 5.41) is 2.11. The highest BCUT2D eigenvalue weighted by Crippen LogP contribution is 2.25. The van der Waals surface area contributed by atoms with Gasteiger partial charge in [-0.2, -0.15) is 0 Å². The summed E-state index contributed by atoms with van der Waals surface area (Å²) in [6, 6.07) is 6.11. The lowest BCUT2D eigenvalue weighted by Gasteiger charge is -1.99. The van der Waals surface area contributed by atoms with Gasteiger partial charge in [0, 0.05) is 28.7 Å². The van der Waals surface area contributed by atoms with Gasteiger partial charge in [-0.25, -0.2) is 0 Å². The molecule has 0 N–H and O–H groups in total. The highest BCUT2D eigenvalue weighted by molar-refractivity contribution is 6.31. The van der Waals surface area contributed by atoms with Crippen LogP contribution in [0.1, 0.15) is 19.4 Å². The van der Waals surface area contributed by atoms with Gasteiger partial charge in [-0.1, -0.05) is 18.5 Å². The van der Waals surface area contributed by atoms with Crippen LogP contribution in [0.3, 0.4) is 0 Å². The van der Waals surface area contributed by atoms with Gasteiger partial charge >= 0.3 is 0 Å². The van der Waals surface area contributed by atoms with Crippen LogP contribution in [0.2, 0.25) is 5.02 Å². The molecule has 2 rings (SSSR count). The zero-order valence-corrected chi connectivity index (χ0v) is 9.30. The van der Waals surface area contributed by atoms with Crippen molar-refractivity contribution in [1.29, 1.82) is 0 Å². The van der Waals surface area contributed by atoms with Crippen LogP contribution in [0.25, 0.3) is 10.9 Å². The van der Waals surface area contributed by atoms with Crippen molar-refractivity contribution in [3.05, 3.63) is 35.0 Å². The fourth-order valence-electron chi connectivity index (χ4n) is 1.89. The van der Waals surface area contributed by atoms with Crippen molar-refractivity contribution in [2.45, 2.75) is 26.8 Å². The lowest BCUT2D eigenvalue weighted by Crippen LogP contribution is -1.89. The molecule has 0 atom stereocenters. The molecule has 0 aliphatic rings. The number of rotatable bonds is 2. The van der Waals surface area contributed by atoms with Gasteiger partial charge in [0.05, 0.1) is 0 Å². The lowest BCUT2D eigenvalue weighted by atomic mass is 10.1. The molecule has 1 nitrogen and oxygen atoms in total. The van der Waals surface area contributed by atoms with Crippen molar-refractivity contribution < 1.29 is 0 Å². The number of nitrogens with zero attached hydrogens (tertiary/aromatic N) is 1. The molecular formula is C12H14ClN. The van der Waals surface area contributed by atoms with Crippen molar-refractivity contribution in [3.8, 4) is 0 Å². The molecular weight excluding hydrogens is 194 g/mol. The van der Waals surface area contributed by atoms with E-state index >= 15 is 0 Å². The summed E-state index contributed by atoms with van der Waals surface area (Å²) in [6.07, 6.45) is 3.28. The third-order valence-corrected chi connectivity index (χ3v) is 2.88. The van der Waals surface area contributed by atoms with Crippen LogP contribution in [-0.2, 0) is 13.0 Å². The van der Waals surface area contributed by atoms with Gasteiger partial charge < -0.3 is 4.57 Å². The quantitative estimate of drug-likeness (QED) is 0.705. The first kappa shape index (κ1) is 9.60. The van der Waals surface area contributed by atoms with E-state index in [1.54, 1.807) is 0 Å². The molecule has 0 amide bonds. The normalized spacial score (nSPS) is 11.1. The van der Waals surface area contributed by atoms with Gasteiger partial charge in [0.15, 0.2) is 0 Å². The fourth-order valence-corrected chi connectivity index (χ4v) is 2.06. The summed E-state index contributed by atoms with van der Waals surface area (Å²) >= 11 is 5.99. The largest absolute Gasteiger partial charge is 0.347 e. The zero-order chi connectivity index (χ0) is 10.1. The Morgan fingerprint density at radius 2 is 2.07 bits per heavy atom. The van der Waals surface area contributed by atoms with E-state index in [1.807, 2.05) is 6.07 Å². The first-order valence-corrected chi connectivity index (χ1v) is 5.41. The van der Waals surface area contributed by atoms with E-state index < -0.39 is 0 Å². The lowest BCUT2D eigenvalue weighted by molar-refractivity contribution is 0.793. The third kappa shape index (κ3) is 1.42. The molecule has 0 aliphatic carbocycles. The number of hydrogen-bond donors (Lipinski definition) is 0. The maximum absolute atomic E-state index is 5.99. The standard InChI is InChI=1S/C12H14ClN/c1-3-9-8-14(4-2)12-6-5-10(13)7-11(9)12/h5-8H,3-4H2,1-2H3. The minimum absolute atomic E-state index is 0.820. The van der Waals surface area contributed by atoms with Gasteiger partial charge in [-0.05, 0) is 37.1 Å². The summed E-state index contributed by atoms with van der Waals surface area (Å²) in [5.74, 6) is 0. The molecule has 74 valence electrons. The van der Waals surface area contributed by atoms with Crippen LogP contribution in [0, 0.1) is 0 Å². The fraction of sp³-hybridized carbons (Fsp3) is 0.333. The van der Waals surface area contributed by atoms with Crippen LogP contribution >= 0.6 is 11.6 Å². The SMILES string of the molecule is CCc1cn(CC)c2ccc(Cl)cc12. The minimum atomic E-state index is 0.820. The second-order valence-electron chi connectivity index (χ2n) is 3.46.